The van der Waals surface area contributed by atoms with Crippen molar-refractivity contribution in [3.05, 3.63) is 35.9 Å². The van der Waals surface area contributed by atoms with Crippen molar-refractivity contribution in [2.75, 3.05) is 26.1 Å². The molecule has 0 N–H and O–H groups in total. The summed E-state index contributed by atoms with van der Waals surface area (Å²) in [6.45, 7) is 7.64. The minimum atomic E-state index is -1.33. The molecule has 2 heteroatoms. The first-order valence-corrected chi connectivity index (χ1v) is 8.43. The monoisotopic (exact) mass is 212 g/mol. The van der Waals surface area contributed by atoms with Crippen LogP contribution in [0.25, 0.3) is 0 Å². The van der Waals surface area contributed by atoms with Gasteiger partial charge in [0.05, 0.1) is 0 Å². The van der Waals surface area contributed by atoms with Crippen LogP contribution in [0.4, 0.5) is 0 Å². The van der Waals surface area contributed by atoms with Crippen LogP contribution in [0.2, 0.25) is 0 Å². The zero-order valence-corrected chi connectivity index (χ0v) is 10.4. The summed E-state index contributed by atoms with van der Waals surface area (Å²) in [5.41, 5.74) is 1.37. The van der Waals surface area contributed by atoms with Crippen molar-refractivity contribution >= 4 is 7.49 Å². The first-order valence-electron chi connectivity index (χ1n) is 5.32. The number of hydrogen-bond donors (Lipinski definition) is 0. The van der Waals surface area contributed by atoms with Crippen LogP contribution >= 0.6 is 7.49 Å². The van der Waals surface area contributed by atoms with Crippen LogP contribution in [0.5, 0.6) is 0 Å². The van der Waals surface area contributed by atoms with Gasteiger partial charge in [-0.25, -0.2) is 0 Å². The molecule has 0 saturated carbocycles. The van der Waals surface area contributed by atoms with Crippen LogP contribution in [-0.4, -0.2) is 26.1 Å². The Morgan fingerprint density at radius 3 is 2.36 bits per heavy atom. The quantitative estimate of drug-likeness (QED) is 0.681. The molecule has 0 atom stereocenters. The third-order valence-corrected chi connectivity index (χ3v) is 5.27. The molecule has 0 fully saturated rings. The summed E-state index contributed by atoms with van der Waals surface area (Å²) in [6.07, 6.45) is 2.24. The fourth-order valence-corrected chi connectivity index (χ4v) is 2.05. The van der Waals surface area contributed by atoms with Gasteiger partial charge in [-0.15, -0.1) is 0 Å². The zero-order valence-electron chi connectivity index (χ0n) is 9.42. The Labute approximate surface area is 87.9 Å². The van der Waals surface area contributed by atoms with Crippen molar-refractivity contribution in [2.24, 2.45) is 0 Å². The van der Waals surface area contributed by atoms with Crippen LogP contribution in [-0.2, 0) is 10.9 Å². The van der Waals surface area contributed by atoms with E-state index < -0.39 is 7.49 Å². The molecule has 1 nitrogen and oxygen atoms in total. The molecule has 0 saturated heterocycles. The molecule has 0 heterocycles. The van der Waals surface area contributed by atoms with E-state index in [9.17, 15) is 0 Å². The van der Waals surface area contributed by atoms with Gasteiger partial charge < -0.3 is 0 Å². The summed E-state index contributed by atoms with van der Waals surface area (Å²) >= 11 is 0. The molecule has 0 radical (unpaired) electrons. The number of benzene rings is 1. The molecule has 1 aromatic carbocycles. The Kier molecular flexibility index (Phi) is 4.57. The third kappa shape index (κ3) is 4.21. The van der Waals surface area contributed by atoms with E-state index in [4.69, 9.17) is 4.52 Å². The van der Waals surface area contributed by atoms with Crippen LogP contribution < -0.4 is 0 Å². The second-order valence-electron chi connectivity index (χ2n) is 4.20. The van der Waals surface area contributed by atoms with Crippen LogP contribution in [0.3, 0.4) is 0 Å². The average Bonchev–Trinajstić information content (AvgIpc) is 2.19. The fourth-order valence-electron chi connectivity index (χ4n) is 1.19. The van der Waals surface area contributed by atoms with Gasteiger partial charge in [-0.1, -0.05) is 0 Å². The zero-order chi connectivity index (χ0) is 10.4. The fraction of sp³-hybridized carbons (Fsp3) is 0.500. The van der Waals surface area contributed by atoms with Crippen molar-refractivity contribution in [1.29, 1.82) is 0 Å². The SMILES string of the molecule is CC[PH](C)(C)OCCc1ccccc1. The van der Waals surface area contributed by atoms with Crippen molar-refractivity contribution < 1.29 is 4.52 Å². The van der Waals surface area contributed by atoms with E-state index in [1.807, 2.05) is 0 Å². The second-order valence-corrected chi connectivity index (χ2v) is 8.71. The molecule has 0 spiro atoms. The molecule has 0 bridgehead atoms. The second kappa shape index (κ2) is 5.48. The van der Waals surface area contributed by atoms with E-state index in [-0.39, 0.29) is 0 Å². The van der Waals surface area contributed by atoms with E-state index >= 15 is 0 Å². The molecule has 1 rings (SSSR count). The van der Waals surface area contributed by atoms with Crippen molar-refractivity contribution in [1.82, 2.24) is 0 Å². The molecule has 0 aromatic heterocycles. The third-order valence-electron chi connectivity index (χ3n) is 2.58. The first-order chi connectivity index (χ1) is 6.64. The van der Waals surface area contributed by atoms with Crippen LogP contribution in [0.15, 0.2) is 30.3 Å². The molecule has 0 aliphatic heterocycles. The Hall–Kier alpha value is -0.390. The van der Waals surface area contributed by atoms with Crippen LogP contribution in [0.1, 0.15) is 12.5 Å². The van der Waals surface area contributed by atoms with Crippen molar-refractivity contribution in [2.45, 2.75) is 13.3 Å². The molecule has 14 heavy (non-hydrogen) atoms. The molecule has 0 amide bonds. The van der Waals surface area contributed by atoms with Crippen LogP contribution in [0, 0.1) is 0 Å². The predicted molar refractivity (Wildman–Crippen MR) is 66.8 cm³/mol. The maximum absolute atomic E-state index is 5.92. The van der Waals surface area contributed by atoms with E-state index in [2.05, 4.69) is 50.6 Å². The van der Waals surface area contributed by atoms with E-state index in [0.717, 1.165) is 13.0 Å². The molecule has 0 aliphatic rings. The summed E-state index contributed by atoms with van der Waals surface area (Å²) < 4.78 is 5.92. The van der Waals surface area contributed by atoms with Gasteiger partial charge in [-0.3, -0.25) is 0 Å². The van der Waals surface area contributed by atoms with E-state index in [1.165, 1.54) is 11.7 Å². The average molecular weight is 212 g/mol. The Morgan fingerprint density at radius 1 is 1.14 bits per heavy atom. The normalized spacial score (nSPS) is 12.8. The van der Waals surface area contributed by atoms with Gasteiger partial charge in [0.25, 0.3) is 0 Å². The van der Waals surface area contributed by atoms with Crippen molar-refractivity contribution in [3.8, 4) is 0 Å². The summed E-state index contributed by atoms with van der Waals surface area (Å²) in [7, 11) is -1.33. The maximum atomic E-state index is 5.92. The summed E-state index contributed by atoms with van der Waals surface area (Å²) in [5, 5.41) is 0. The summed E-state index contributed by atoms with van der Waals surface area (Å²) in [4.78, 5) is 0. The Balaban J connectivity index is 2.29. The van der Waals surface area contributed by atoms with E-state index in [1.54, 1.807) is 0 Å². The summed E-state index contributed by atoms with van der Waals surface area (Å²) in [6, 6.07) is 10.5. The van der Waals surface area contributed by atoms with Gasteiger partial charge >= 0.3 is 87.4 Å². The molecule has 0 unspecified atom stereocenters. The van der Waals surface area contributed by atoms with Crippen molar-refractivity contribution in [3.63, 3.8) is 0 Å². The van der Waals surface area contributed by atoms with Gasteiger partial charge in [0, 0.05) is 0 Å². The molecular formula is C12H21OP. The van der Waals surface area contributed by atoms with Gasteiger partial charge in [0.1, 0.15) is 0 Å². The topological polar surface area (TPSA) is 9.23 Å². The van der Waals surface area contributed by atoms with Gasteiger partial charge in [-0.2, -0.15) is 0 Å². The van der Waals surface area contributed by atoms with E-state index in [0.29, 0.717) is 0 Å². The Morgan fingerprint density at radius 2 is 1.79 bits per heavy atom. The molecular weight excluding hydrogens is 191 g/mol. The minimum absolute atomic E-state index is 0.872. The van der Waals surface area contributed by atoms with Gasteiger partial charge in [0.2, 0.25) is 0 Å². The number of rotatable bonds is 5. The summed E-state index contributed by atoms with van der Waals surface area (Å²) in [5.74, 6) is 0. The molecule has 1 aromatic rings. The van der Waals surface area contributed by atoms with Gasteiger partial charge in [-0.05, 0) is 0 Å². The molecule has 80 valence electrons. The van der Waals surface area contributed by atoms with Gasteiger partial charge in [0.15, 0.2) is 0 Å². The number of hydrogen-bond acceptors (Lipinski definition) is 1. The standard InChI is InChI=1S/C12H21OP/c1-4-14(2,3)13-11-10-12-8-6-5-7-9-12/h5-9,14H,4,10-11H2,1-3H3. The first kappa shape index (κ1) is 11.7. The predicted octanol–water partition coefficient (Wildman–Crippen LogP) is 3.19. The Bertz CT molecular complexity index is 256. The molecule has 0 aliphatic carbocycles.